The van der Waals surface area contributed by atoms with Crippen molar-refractivity contribution in [2.24, 2.45) is 0 Å². The van der Waals surface area contributed by atoms with Crippen LogP contribution >= 0.6 is 11.6 Å². The van der Waals surface area contributed by atoms with Crippen LogP contribution in [0.3, 0.4) is 0 Å². The molecule has 4 N–H and O–H groups in total. The molecule has 2 aromatic carbocycles. The van der Waals surface area contributed by atoms with Crippen LogP contribution in [0.2, 0.25) is 5.02 Å². The lowest BCUT2D eigenvalue weighted by Crippen LogP contribution is -2.46. The minimum absolute atomic E-state index is 0.178. The number of nitrogens with two attached hydrogens (primary N) is 1. The standard InChI is InChI=1S/C17H15ClF3N3O2S/c18-11-5-6-15(13(22)8-11)27(25,26)24-16(17(19,20)21)7-10-9-23-14-4-2-1-3-12(10)14/h1-6,8-9,16,23-24H,7,22H2. The number of fused-ring (bicyclic) bond motifs is 1. The van der Waals surface area contributed by atoms with E-state index in [-0.39, 0.29) is 10.7 Å². The zero-order valence-corrected chi connectivity index (χ0v) is 15.3. The van der Waals surface area contributed by atoms with E-state index in [1.165, 1.54) is 18.3 Å². The van der Waals surface area contributed by atoms with Crippen LogP contribution in [0.5, 0.6) is 0 Å². The molecule has 10 heteroatoms. The number of rotatable bonds is 5. The Morgan fingerprint density at radius 1 is 1.19 bits per heavy atom. The number of para-hydroxylation sites is 1. The summed E-state index contributed by atoms with van der Waals surface area (Å²) in [7, 11) is -4.51. The highest BCUT2D eigenvalue weighted by atomic mass is 35.5. The Hall–Kier alpha value is -2.23. The molecule has 0 fully saturated rings. The van der Waals surface area contributed by atoms with E-state index in [0.717, 1.165) is 6.07 Å². The van der Waals surface area contributed by atoms with Gasteiger partial charge in [0.15, 0.2) is 0 Å². The Morgan fingerprint density at radius 2 is 1.89 bits per heavy atom. The van der Waals surface area contributed by atoms with E-state index >= 15 is 0 Å². The highest BCUT2D eigenvalue weighted by Gasteiger charge is 2.42. The minimum Gasteiger partial charge on any atom is -0.398 e. The van der Waals surface area contributed by atoms with E-state index in [4.69, 9.17) is 17.3 Å². The molecule has 1 unspecified atom stereocenters. The summed E-state index contributed by atoms with van der Waals surface area (Å²) in [5.74, 6) is 0. The molecule has 1 aromatic heterocycles. The Balaban J connectivity index is 1.94. The van der Waals surface area contributed by atoms with Crippen LogP contribution in [0.1, 0.15) is 5.56 Å². The molecule has 0 aliphatic carbocycles. The second-order valence-corrected chi connectivity index (χ2v) is 8.08. The molecule has 5 nitrogen and oxygen atoms in total. The van der Waals surface area contributed by atoms with Crippen LogP contribution in [-0.2, 0) is 16.4 Å². The first-order chi connectivity index (χ1) is 12.6. The van der Waals surface area contributed by atoms with Crippen molar-refractivity contribution < 1.29 is 21.6 Å². The number of aromatic amines is 1. The summed E-state index contributed by atoms with van der Waals surface area (Å²) in [6.07, 6.45) is -3.93. The van der Waals surface area contributed by atoms with Crippen LogP contribution in [0.4, 0.5) is 18.9 Å². The summed E-state index contributed by atoms with van der Waals surface area (Å²) in [6.45, 7) is 0. The number of H-pyrrole nitrogens is 1. The molecule has 3 aromatic rings. The largest absolute Gasteiger partial charge is 0.405 e. The van der Waals surface area contributed by atoms with Gasteiger partial charge in [-0.3, -0.25) is 0 Å². The number of aromatic nitrogens is 1. The first kappa shape index (κ1) is 19.5. The summed E-state index contributed by atoms with van der Waals surface area (Å²) in [5.41, 5.74) is 6.39. The van der Waals surface area contributed by atoms with E-state index < -0.39 is 33.6 Å². The third kappa shape index (κ3) is 4.20. The van der Waals surface area contributed by atoms with Crippen LogP contribution in [0.15, 0.2) is 53.6 Å². The smallest absolute Gasteiger partial charge is 0.398 e. The first-order valence-corrected chi connectivity index (χ1v) is 9.63. The van der Waals surface area contributed by atoms with Crippen molar-refractivity contribution in [3.8, 4) is 0 Å². The van der Waals surface area contributed by atoms with Gasteiger partial charge >= 0.3 is 6.18 Å². The van der Waals surface area contributed by atoms with Crippen molar-refractivity contribution in [2.45, 2.75) is 23.5 Å². The molecule has 0 saturated heterocycles. The number of halogens is 4. The van der Waals surface area contributed by atoms with Crippen LogP contribution in [0, 0.1) is 0 Å². The number of nitrogens with one attached hydrogen (secondary N) is 2. The summed E-state index contributed by atoms with van der Waals surface area (Å²) < 4.78 is 67.3. The van der Waals surface area contributed by atoms with Crippen molar-refractivity contribution in [2.75, 3.05) is 5.73 Å². The van der Waals surface area contributed by atoms with Gasteiger partial charge in [0.25, 0.3) is 0 Å². The van der Waals surface area contributed by atoms with E-state index in [2.05, 4.69) is 4.98 Å². The number of hydrogen-bond acceptors (Lipinski definition) is 3. The molecule has 0 bridgehead atoms. The molecular weight excluding hydrogens is 403 g/mol. The van der Waals surface area contributed by atoms with Gasteiger partial charge in [-0.25, -0.2) is 8.42 Å². The Kier molecular flexibility index (Phi) is 5.11. The van der Waals surface area contributed by atoms with Gasteiger partial charge in [0, 0.05) is 22.1 Å². The van der Waals surface area contributed by atoms with Gasteiger partial charge in [0.2, 0.25) is 10.0 Å². The van der Waals surface area contributed by atoms with E-state index in [1.54, 1.807) is 29.0 Å². The number of hydrogen-bond donors (Lipinski definition) is 3. The van der Waals surface area contributed by atoms with Gasteiger partial charge in [-0.05, 0) is 36.2 Å². The Labute approximate surface area is 158 Å². The fourth-order valence-corrected chi connectivity index (χ4v) is 4.27. The maximum atomic E-state index is 13.5. The van der Waals surface area contributed by atoms with Crippen LogP contribution in [0.25, 0.3) is 10.9 Å². The predicted octanol–water partition coefficient (Wildman–Crippen LogP) is 3.86. The topological polar surface area (TPSA) is 88.0 Å². The van der Waals surface area contributed by atoms with Gasteiger partial charge in [-0.15, -0.1) is 0 Å². The molecule has 1 heterocycles. The maximum Gasteiger partial charge on any atom is 0.405 e. The Morgan fingerprint density at radius 3 is 2.56 bits per heavy atom. The molecule has 0 amide bonds. The van der Waals surface area contributed by atoms with Crippen molar-refractivity contribution in [1.29, 1.82) is 0 Å². The average Bonchev–Trinajstić information content (AvgIpc) is 2.96. The quantitative estimate of drug-likeness (QED) is 0.551. The molecule has 1 atom stereocenters. The number of anilines is 1. The summed E-state index contributed by atoms with van der Waals surface area (Å²) >= 11 is 5.72. The molecule has 0 aliphatic rings. The summed E-state index contributed by atoms with van der Waals surface area (Å²) in [5, 5.41) is 0.773. The summed E-state index contributed by atoms with van der Waals surface area (Å²) in [6, 6.07) is 7.99. The average molecular weight is 418 g/mol. The molecule has 3 rings (SSSR count). The SMILES string of the molecule is Nc1cc(Cl)ccc1S(=O)(=O)NC(Cc1c[nH]c2ccccc12)C(F)(F)F. The summed E-state index contributed by atoms with van der Waals surface area (Å²) in [4.78, 5) is 2.42. The first-order valence-electron chi connectivity index (χ1n) is 7.77. The molecule has 0 spiro atoms. The second kappa shape index (κ2) is 7.06. The van der Waals surface area contributed by atoms with E-state index in [9.17, 15) is 21.6 Å². The maximum absolute atomic E-state index is 13.5. The molecule has 0 saturated carbocycles. The number of sulfonamides is 1. The van der Waals surface area contributed by atoms with E-state index in [0.29, 0.717) is 16.5 Å². The van der Waals surface area contributed by atoms with Crippen LogP contribution in [-0.4, -0.2) is 25.6 Å². The third-order valence-corrected chi connectivity index (χ3v) is 5.83. The molecule has 0 radical (unpaired) electrons. The Bertz CT molecular complexity index is 1080. The van der Waals surface area contributed by atoms with Crippen LogP contribution < -0.4 is 10.5 Å². The highest BCUT2D eigenvalue weighted by molar-refractivity contribution is 7.89. The zero-order chi connectivity index (χ0) is 19.8. The van der Waals surface area contributed by atoms with E-state index in [1.807, 2.05) is 0 Å². The lowest BCUT2D eigenvalue weighted by molar-refractivity contribution is -0.150. The number of alkyl halides is 3. The lowest BCUT2D eigenvalue weighted by Gasteiger charge is -2.22. The fourth-order valence-electron chi connectivity index (χ4n) is 2.76. The van der Waals surface area contributed by atoms with Gasteiger partial charge < -0.3 is 10.7 Å². The fraction of sp³-hybridized carbons (Fsp3) is 0.176. The monoisotopic (exact) mass is 417 g/mol. The molecule has 144 valence electrons. The van der Waals surface area contributed by atoms with Gasteiger partial charge in [-0.2, -0.15) is 17.9 Å². The second-order valence-electron chi connectivity index (χ2n) is 5.96. The highest BCUT2D eigenvalue weighted by Crippen LogP contribution is 2.29. The lowest BCUT2D eigenvalue weighted by atomic mass is 10.1. The van der Waals surface area contributed by atoms with Crippen molar-refractivity contribution in [1.82, 2.24) is 9.71 Å². The minimum atomic E-state index is -4.80. The predicted molar refractivity (Wildman–Crippen MR) is 98.0 cm³/mol. The number of benzene rings is 2. The van der Waals surface area contributed by atoms with Gasteiger partial charge in [0.1, 0.15) is 10.9 Å². The van der Waals surface area contributed by atoms with Gasteiger partial charge in [0.05, 0.1) is 5.69 Å². The molecule has 27 heavy (non-hydrogen) atoms. The number of nitrogen functional groups attached to an aromatic ring is 1. The van der Waals surface area contributed by atoms with Gasteiger partial charge in [-0.1, -0.05) is 29.8 Å². The normalized spacial score (nSPS) is 13.8. The van der Waals surface area contributed by atoms with Crippen molar-refractivity contribution >= 4 is 38.2 Å². The molecular formula is C17H15ClF3N3O2S. The van der Waals surface area contributed by atoms with Crippen molar-refractivity contribution in [3.63, 3.8) is 0 Å². The molecule has 0 aliphatic heterocycles. The zero-order valence-electron chi connectivity index (χ0n) is 13.7. The van der Waals surface area contributed by atoms with Crippen molar-refractivity contribution in [3.05, 3.63) is 59.2 Å². The third-order valence-electron chi connectivity index (χ3n) is 4.05.